The molecule has 0 spiro atoms. The van der Waals surface area contributed by atoms with E-state index in [1.165, 1.54) is 24.9 Å². The third-order valence-corrected chi connectivity index (χ3v) is 10.8. The van der Waals surface area contributed by atoms with Gasteiger partial charge in [0.2, 0.25) is 5.91 Å². The lowest BCUT2D eigenvalue weighted by molar-refractivity contribution is -0.145. The van der Waals surface area contributed by atoms with Crippen molar-refractivity contribution < 1.29 is 19.1 Å². The summed E-state index contributed by atoms with van der Waals surface area (Å²) in [7, 11) is 5.48. The van der Waals surface area contributed by atoms with Gasteiger partial charge in [-0.3, -0.25) is 24.6 Å². The number of likely N-dealkylation sites (tertiary alicyclic amines) is 1. The van der Waals surface area contributed by atoms with Crippen LogP contribution in [0.2, 0.25) is 0 Å². The molecule has 1 aromatic heterocycles. The van der Waals surface area contributed by atoms with Gasteiger partial charge in [0.25, 0.3) is 5.91 Å². The number of benzene rings is 1. The highest BCUT2D eigenvalue weighted by molar-refractivity contribution is 7.09. The molecule has 1 fully saturated rings. The third-order valence-electron chi connectivity index (χ3n) is 9.94. The molecule has 0 unspecified atom stereocenters. The zero-order valence-electron chi connectivity index (χ0n) is 30.1. The van der Waals surface area contributed by atoms with Gasteiger partial charge in [-0.1, -0.05) is 78.3 Å². The van der Waals surface area contributed by atoms with Crippen LogP contribution in [0.4, 0.5) is 0 Å². The van der Waals surface area contributed by atoms with Gasteiger partial charge in [0.15, 0.2) is 0 Å². The molecule has 0 saturated carbocycles. The number of piperidine rings is 1. The minimum absolute atomic E-state index is 0.0371. The lowest BCUT2D eigenvalue weighted by Crippen LogP contribution is -2.59. The molecule has 1 aliphatic rings. The van der Waals surface area contributed by atoms with E-state index in [1.54, 1.807) is 5.38 Å². The van der Waals surface area contributed by atoms with Gasteiger partial charge in [-0.15, -0.1) is 11.3 Å². The highest BCUT2D eigenvalue weighted by atomic mass is 32.1. The maximum Gasteiger partial charge on any atom is 0.308 e. The predicted molar refractivity (Wildman–Crippen MR) is 190 cm³/mol. The van der Waals surface area contributed by atoms with E-state index in [-0.39, 0.29) is 59.8 Å². The second-order valence-corrected chi connectivity index (χ2v) is 15.0. The first kappa shape index (κ1) is 38.6. The van der Waals surface area contributed by atoms with Crippen molar-refractivity contribution >= 4 is 29.1 Å². The molecular weight excluding hydrogens is 611 g/mol. The highest BCUT2D eigenvalue weighted by Crippen LogP contribution is 2.25. The van der Waals surface area contributed by atoms with Crippen LogP contribution in [0.5, 0.6) is 0 Å². The van der Waals surface area contributed by atoms with E-state index in [0.717, 1.165) is 36.4 Å². The number of nitrogens with zero attached hydrogens (tertiary/aromatic N) is 3. The summed E-state index contributed by atoms with van der Waals surface area (Å²) in [5, 5.41) is 9.56. The van der Waals surface area contributed by atoms with E-state index >= 15 is 0 Å². The summed E-state index contributed by atoms with van der Waals surface area (Å²) < 4.78 is 4.93. The molecule has 2 aromatic rings. The minimum Gasteiger partial charge on any atom is -0.469 e. The first-order valence-electron chi connectivity index (χ1n) is 17.4. The van der Waals surface area contributed by atoms with E-state index in [0.29, 0.717) is 30.9 Å². The SMILES string of the molecule is CC[C@H](C)[C@H](N[C@H]1C[C@@H](C)CCN1C)C(=O)N(C)[C@@H](CCc1nc(C(=O)N[C@@H](Cc2ccccc2)C[C@H](C)C(=O)OC)cs1)C(C)C. The zero-order chi connectivity index (χ0) is 34.7. The molecule has 1 saturated heterocycles. The van der Waals surface area contributed by atoms with Crippen LogP contribution < -0.4 is 10.6 Å². The van der Waals surface area contributed by atoms with Crippen LogP contribution in [0.3, 0.4) is 0 Å². The van der Waals surface area contributed by atoms with Crippen molar-refractivity contribution in [3.05, 3.63) is 52.0 Å². The average molecular weight is 670 g/mol. The molecule has 0 radical (unpaired) electrons. The van der Waals surface area contributed by atoms with Crippen LogP contribution in [-0.4, -0.2) is 84.6 Å². The second kappa shape index (κ2) is 18.7. The number of nitrogens with one attached hydrogen (secondary N) is 2. The number of aromatic nitrogens is 1. The quantitative estimate of drug-likeness (QED) is 0.206. The number of rotatable bonds is 17. The van der Waals surface area contributed by atoms with E-state index in [2.05, 4.69) is 57.2 Å². The van der Waals surface area contributed by atoms with Crippen LogP contribution in [0, 0.1) is 23.7 Å². The van der Waals surface area contributed by atoms with Gasteiger partial charge in [-0.05, 0) is 69.0 Å². The molecule has 7 atom stereocenters. The molecule has 2 amide bonds. The Labute approximate surface area is 287 Å². The van der Waals surface area contributed by atoms with Crippen LogP contribution in [-0.2, 0) is 27.2 Å². The molecule has 1 aliphatic heterocycles. The van der Waals surface area contributed by atoms with Gasteiger partial charge in [-0.25, -0.2) is 4.98 Å². The summed E-state index contributed by atoms with van der Waals surface area (Å²) >= 11 is 1.48. The Hall–Kier alpha value is -2.82. The number of hydrogen-bond donors (Lipinski definition) is 2. The molecule has 2 N–H and O–H groups in total. The van der Waals surface area contributed by atoms with E-state index in [1.807, 2.05) is 49.2 Å². The van der Waals surface area contributed by atoms with Crippen LogP contribution in [0.15, 0.2) is 35.7 Å². The van der Waals surface area contributed by atoms with Crippen molar-refractivity contribution in [2.24, 2.45) is 23.7 Å². The van der Waals surface area contributed by atoms with E-state index < -0.39 is 0 Å². The van der Waals surface area contributed by atoms with Gasteiger partial charge >= 0.3 is 5.97 Å². The molecule has 2 heterocycles. The van der Waals surface area contributed by atoms with Gasteiger partial charge in [0, 0.05) is 30.9 Å². The number of esters is 1. The minimum atomic E-state index is -0.352. The Morgan fingerprint density at radius 2 is 1.85 bits per heavy atom. The van der Waals surface area contributed by atoms with Crippen molar-refractivity contribution in [2.45, 2.75) is 111 Å². The van der Waals surface area contributed by atoms with Crippen molar-refractivity contribution in [3.8, 4) is 0 Å². The Morgan fingerprint density at radius 1 is 1.15 bits per heavy atom. The molecule has 47 heavy (non-hydrogen) atoms. The number of ether oxygens (including phenoxy) is 1. The lowest BCUT2D eigenvalue weighted by Gasteiger charge is -2.41. The number of hydrogen-bond acceptors (Lipinski definition) is 8. The number of aryl methyl sites for hydroxylation is 1. The Morgan fingerprint density at radius 3 is 2.49 bits per heavy atom. The summed E-state index contributed by atoms with van der Waals surface area (Å²) in [6.07, 6.45) is 5.86. The molecule has 262 valence electrons. The monoisotopic (exact) mass is 669 g/mol. The summed E-state index contributed by atoms with van der Waals surface area (Å²) in [5.74, 6) is 0.369. The number of amides is 2. The van der Waals surface area contributed by atoms with Gasteiger partial charge in [0.1, 0.15) is 5.69 Å². The fourth-order valence-electron chi connectivity index (χ4n) is 6.61. The van der Waals surface area contributed by atoms with E-state index in [4.69, 9.17) is 9.72 Å². The van der Waals surface area contributed by atoms with Crippen molar-refractivity contribution in [2.75, 3.05) is 27.7 Å². The molecule has 9 nitrogen and oxygen atoms in total. The maximum absolute atomic E-state index is 14.1. The average Bonchev–Trinajstić information content (AvgIpc) is 3.53. The number of thiazole rings is 1. The largest absolute Gasteiger partial charge is 0.469 e. The first-order chi connectivity index (χ1) is 22.3. The maximum atomic E-state index is 14.1. The van der Waals surface area contributed by atoms with Gasteiger partial charge in [-0.2, -0.15) is 0 Å². The van der Waals surface area contributed by atoms with Crippen molar-refractivity contribution in [1.82, 2.24) is 25.4 Å². The van der Waals surface area contributed by atoms with E-state index in [9.17, 15) is 14.4 Å². The summed E-state index contributed by atoms with van der Waals surface area (Å²) in [6.45, 7) is 13.8. The Bertz CT molecular complexity index is 1270. The highest BCUT2D eigenvalue weighted by Gasteiger charge is 2.35. The fraction of sp³-hybridized carbons (Fsp3) is 0.676. The second-order valence-electron chi connectivity index (χ2n) is 14.1. The normalized spacial score (nSPS) is 20.2. The molecular formula is C37H59N5O4S. The Kier molecular flexibility index (Phi) is 15.3. The number of methoxy groups -OCH3 is 1. The smallest absolute Gasteiger partial charge is 0.308 e. The Balaban J connectivity index is 1.66. The molecule has 0 aliphatic carbocycles. The first-order valence-corrected chi connectivity index (χ1v) is 18.3. The molecule has 0 bridgehead atoms. The molecule has 3 rings (SSSR count). The van der Waals surface area contributed by atoms with Gasteiger partial charge in [0.05, 0.1) is 30.2 Å². The fourth-order valence-corrected chi connectivity index (χ4v) is 7.40. The van der Waals surface area contributed by atoms with Crippen LogP contribution in [0.25, 0.3) is 0 Å². The summed E-state index contributed by atoms with van der Waals surface area (Å²) in [4.78, 5) is 48.6. The van der Waals surface area contributed by atoms with Crippen molar-refractivity contribution in [1.29, 1.82) is 0 Å². The molecule has 1 aromatic carbocycles. The summed E-state index contributed by atoms with van der Waals surface area (Å²) in [5.41, 5.74) is 1.46. The van der Waals surface area contributed by atoms with Gasteiger partial charge < -0.3 is 15.0 Å². The number of likely N-dealkylation sites (N-methyl/N-ethyl adjacent to an activating group) is 1. The third kappa shape index (κ3) is 11.4. The standard InChI is InChI=1S/C37H59N5O4S/c1-10-26(5)34(40-32-20-25(4)18-19-41(32)7)36(44)42(8)31(24(2)3)16-17-33-39-30(23-47-33)35(43)38-29(21-27(6)37(45)46-9)22-28-14-12-11-13-15-28/h11-15,23-27,29,31-32,34,40H,10,16-22H2,1-9H3,(H,38,43)/t25-,26-,27-,29+,31-,32+,34-/m0/s1. The van der Waals surface area contributed by atoms with Crippen molar-refractivity contribution in [3.63, 3.8) is 0 Å². The molecule has 10 heteroatoms. The zero-order valence-corrected chi connectivity index (χ0v) is 30.9. The topological polar surface area (TPSA) is 104 Å². The summed E-state index contributed by atoms with van der Waals surface area (Å²) in [6, 6.07) is 9.48. The van der Waals surface area contributed by atoms with Crippen LogP contribution >= 0.6 is 11.3 Å². The number of carbonyl (C=O) groups is 3. The predicted octanol–water partition coefficient (Wildman–Crippen LogP) is 5.79. The van der Waals surface area contributed by atoms with Crippen LogP contribution in [0.1, 0.15) is 94.7 Å². The number of carbonyl (C=O) groups excluding carboxylic acids is 3. The lowest BCUT2D eigenvalue weighted by atomic mass is 9.92.